The normalized spacial score (nSPS) is 11.4. The zero-order valence-electron chi connectivity index (χ0n) is 17.3. The van der Waals surface area contributed by atoms with Gasteiger partial charge in [0.05, 0.1) is 28.5 Å². The minimum Gasteiger partial charge on any atom is -0.465 e. The lowest BCUT2D eigenvalue weighted by molar-refractivity contribution is 0.0605. The first-order valence-corrected chi connectivity index (χ1v) is 12.3. The number of thiophene rings is 2. The number of esters is 1. The van der Waals surface area contributed by atoms with E-state index in [0.717, 1.165) is 37.0 Å². The van der Waals surface area contributed by atoms with Crippen molar-refractivity contribution in [3.05, 3.63) is 69.1 Å². The van der Waals surface area contributed by atoms with E-state index in [1.807, 2.05) is 6.07 Å². The molecule has 0 bridgehead atoms. The van der Waals surface area contributed by atoms with Crippen molar-refractivity contribution < 1.29 is 13.9 Å². The molecule has 0 saturated heterocycles. The van der Waals surface area contributed by atoms with Gasteiger partial charge in [-0.2, -0.15) is 0 Å². The van der Waals surface area contributed by atoms with E-state index in [4.69, 9.17) is 4.74 Å². The summed E-state index contributed by atoms with van der Waals surface area (Å²) >= 11 is 4.10. The van der Waals surface area contributed by atoms with Gasteiger partial charge in [-0.3, -0.25) is 4.79 Å². The van der Waals surface area contributed by atoms with Crippen molar-refractivity contribution in [1.82, 2.24) is 19.9 Å². The van der Waals surface area contributed by atoms with Gasteiger partial charge in [-0.05, 0) is 36.2 Å². The standard InChI is InChI=1S/C22H15FN4O3S3/c1-10-16-19(28)26-15(27-20(16)33-17(10)22(29)30-2)8-31-21-18-13(24-9-25-21)7-14(32-18)11-3-5-12(23)6-4-11/h3-7,9H,8H2,1-2H3,(H,26,27,28). The van der Waals surface area contributed by atoms with Crippen LogP contribution in [-0.4, -0.2) is 33.0 Å². The number of thioether (sulfide) groups is 1. The molecule has 0 unspecified atom stereocenters. The highest BCUT2D eigenvalue weighted by molar-refractivity contribution is 7.98. The molecule has 0 aliphatic rings. The Morgan fingerprint density at radius 3 is 2.76 bits per heavy atom. The average Bonchev–Trinajstić information content (AvgIpc) is 3.39. The highest BCUT2D eigenvalue weighted by Gasteiger charge is 2.20. The fraction of sp³-hybridized carbons (Fsp3) is 0.136. The van der Waals surface area contributed by atoms with Crippen molar-refractivity contribution >= 4 is 60.8 Å². The zero-order chi connectivity index (χ0) is 23.1. The highest BCUT2D eigenvalue weighted by atomic mass is 32.2. The molecule has 1 N–H and O–H groups in total. The Kier molecular flexibility index (Phi) is 5.69. The SMILES string of the molecule is COC(=O)c1sc2nc(CSc3ncnc4cc(-c5ccc(F)cc5)sc34)[nH]c(=O)c2c1C. The number of benzene rings is 1. The molecule has 11 heteroatoms. The molecule has 1 aromatic carbocycles. The minimum absolute atomic E-state index is 0.283. The van der Waals surface area contributed by atoms with Crippen LogP contribution in [0.5, 0.6) is 0 Å². The number of carbonyl (C=O) groups excluding carboxylic acids is 1. The summed E-state index contributed by atoms with van der Waals surface area (Å²) in [5.74, 6) is 0.0982. The van der Waals surface area contributed by atoms with E-state index >= 15 is 0 Å². The van der Waals surface area contributed by atoms with Crippen LogP contribution in [0, 0.1) is 12.7 Å². The molecule has 0 amide bonds. The van der Waals surface area contributed by atoms with Crippen LogP contribution in [0.25, 0.3) is 30.9 Å². The van der Waals surface area contributed by atoms with E-state index in [2.05, 4.69) is 19.9 Å². The third kappa shape index (κ3) is 4.03. The molecular formula is C22H15FN4O3S3. The topological polar surface area (TPSA) is 97.8 Å². The molecule has 0 fully saturated rings. The maximum absolute atomic E-state index is 13.3. The first kappa shape index (κ1) is 21.7. The van der Waals surface area contributed by atoms with Gasteiger partial charge in [0.2, 0.25) is 0 Å². The molecule has 5 aromatic rings. The molecule has 0 aliphatic carbocycles. The summed E-state index contributed by atoms with van der Waals surface area (Å²) in [5, 5.41) is 1.17. The van der Waals surface area contributed by atoms with E-state index in [9.17, 15) is 14.0 Å². The van der Waals surface area contributed by atoms with Gasteiger partial charge >= 0.3 is 5.97 Å². The van der Waals surface area contributed by atoms with Gasteiger partial charge in [-0.25, -0.2) is 24.1 Å². The fourth-order valence-electron chi connectivity index (χ4n) is 3.37. The van der Waals surface area contributed by atoms with Crippen molar-refractivity contribution in [2.24, 2.45) is 0 Å². The van der Waals surface area contributed by atoms with Gasteiger partial charge in [-0.15, -0.1) is 22.7 Å². The maximum Gasteiger partial charge on any atom is 0.348 e. The number of nitrogens with zero attached hydrogens (tertiary/aromatic N) is 3. The summed E-state index contributed by atoms with van der Waals surface area (Å²) < 4.78 is 19.0. The predicted octanol–water partition coefficient (Wildman–Crippen LogP) is 5.18. The van der Waals surface area contributed by atoms with Gasteiger partial charge in [0, 0.05) is 4.88 Å². The van der Waals surface area contributed by atoms with Gasteiger partial charge < -0.3 is 9.72 Å². The van der Waals surface area contributed by atoms with Crippen molar-refractivity contribution in [2.45, 2.75) is 17.7 Å². The monoisotopic (exact) mass is 498 g/mol. The number of halogens is 1. The van der Waals surface area contributed by atoms with Crippen LogP contribution in [0.2, 0.25) is 0 Å². The van der Waals surface area contributed by atoms with Gasteiger partial charge in [0.25, 0.3) is 5.56 Å². The van der Waals surface area contributed by atoms with Crippen LogP contribution in [0.15, 0.2) is 46.5 Å². The molecule has 0 radical (unpaired) electrons. The second-order valence-electron chi connectivity index (χ2n) is 7.04. The lowest BCUT2D eigenvalue weighted by atomic mass is 10.2. The molecule has 0 aliphatic heterocycles. The number of aryl methyl sites for hydroxylation is 1. The van der Waals surface area contributed by atoms with E-state index in [0.29, 0.717) is 32.2 Å². The summed E-state index contributed by atoms with van der Waals surface area (Å²) in [6, 6.07) is 8.27. The molecule has 4 heterocycles. The summed E-state index contributed by atoms with van der Waals surface area (Å²) in [4.78, 5) is 42.6. The van der Waals surface area contributed by atoms with Crippen LogP contribution in [0.4, 0.5) is 4.39 Å². The number of aromatic amines is 1. The fourth-order valence-corrected chi connectivity index (χ4v) is 6.56. The van der Waals surface area contributed by atoms with Crippen molar-refractivity contribution in [2.75, 3.05) is 7.11 Å². The maximum atomic E-state index is 13.3. The Bertz CT molecular complexity index is 1570. The first-order chi connectivity index (χ1) is 15.9. The summed E-state index contributed by atoms with van der Waals surface area (Å²) in [6.07, 6.45) is 1.50. The van der Waals surface area contributed by atoms with Crippen LogP contribution in [-0.2, 0) is 10.5 Å². The Morgan fingerprint density at radius 2 is 2.00 bits per heavy atom. The molecule has 0 atom stereocenters. The van der Waals surface area contributed by atoms with Crippen molar-refractivity contribution in [3.8, 4) is 10.4 Å². The average molecular weight is 499 g/mol. The Balaban J connectivity index is 1.45. The summed E-state index contributed by atoms with van der Waals surface area (Å²) in [7, 11) is 1.31. The summed E-state index contributed by atoms with van der Waals surface area (Å²) in [5.41, 5.74) is 1.98. The number of hydrogen-bond donors (Lipinski definition) is 1. The lowest BCUT2D eigenvalue weighted by Gasteiger charge is -2.02. The highest BCUT2D eigenvalue weighted by Crippen LogP contribution is 2.37. The van der Waals surface area contributed by atoms with E-state index in [-0.39, 0.29) is 11.4 Å². The van der Waals surface area contributed by atoms with Gasteiger partial charge in [0.1, 0.15) is 32.7 Å². The largest absolute Gasteiger partial charge is 0.465 e. The Morgan fingerprint density at radius 1 is 1.21 bits per heavy atom. The number of aromatic nitrogens is 4. The molecular weight excluding hydrogens is 483 g/mol. The Hall–Kier alpha value is -3.15. The molecule has 33 heavy (non-hydrogen) atoms. The van der Waals surface area contributed by atoms with Crippen molar-refractivity contribution in [1.29, 1.82) is 0 Å². The number of nitrogens with one attached hydrogen (secondary N) is 1. The zero-order valence-corrected chi connectivity index (χ0v) is 19.8. The lowest BCUT2D eigenvalue weighted by Crippen LogP contribution is -2.11. The van der Waals surface area contributed by atoms with Gasteiger partial charge in [0.15, 0.2) is 0 Å². The van der Waals surface area contributed by atoms with Crippen LogP contribution >= 0.6 is 34.4 Å². The molecule has 5 rings (SSSR count). The first-order valence-electron chi connectivity index (χ1n) is 9.68. The number of rotatable bonds is 5. The number of H-pyrrole nitrogens is 1. The molecule has 7 nitrogen and oxygen atoms in total. The second kappa shape index (κ2) is 8.65. The number of hydrogen-bond acceptors (Lipinski definition) is 9. The number of ether oxygens (including phenoxy) is 1. The predicted molar refractivity (Wildman–Crippen MR) is 129 cm³/mol. The molecule has 4 aromatic heterocycles. The number of fused-ring (bicyclic) bond motifs is 2. The number of methoxy groups -OCH3 is 1. The van der Waals surface area contributed by atoms with Crippen LogP contribution in [0.1, 0.15) is 21.1 Å². The molecule has 0 spiro atoms. The van der Waals surface area contributed by atoms with Gasteiger partial charge in [-0.1, -0.05) is 23.9 Å². The smallest absolute Gasteiger partial charge is 0.348 e. The third-order valence-corrected chi connectivity index (χ3v) is 8.45. The van der Waals surface area contributed by atoms with Crippen molar-refractivity contribution in [3.63, 3.8) is 0 Å². The molecule has 166 valence electrons. The quantitative estimate of drug-likeness (QED) is 0.202. The molecule has 0 saturated carbocycles. The Labute approximate surface area is 198 Å². The van der Waals surface area contributed by atoms with Crippen LogP contribution in [0.3, 0.4) is 0 Å². The van der Waals surface area contributed by atoms with E-state index in [1.54, 1.807) is 19.1 Å². The number of carbonyl (C=O) groups is 1. The second-order valence-corrected chi connectivity index (χ2v) is 10.1. The van der Waals surface area contributed by atoms with E-state index < -0.39 is 5.97 Å². The van der Waals surface area contributed by atoms with Crippen LogP contribution < -0.4 is 5.56 Å². The summed E-state index contributed by atoms with van der Waals surface area (Å²) in [6.45, 7) is 1.71. The van der Waals surface area contributed by atoms with E-state index in [1.165, 1.54) is 48.7 Å². The third-order valence-electron chi connectivity index (χ3n) is 4.97. The minimum atomic E-state index is -0.483.